The van der Waals surface area contributed by atoms with E-state index in [0.29, 0.717) is 30.1 Å². The zero-order chi connectivity index (χ0) is 22.2. The predicted octanol–water partition coefficient (Wildman–Crippen LogP) is 4.19. The van der Waals surface area contributed by atoms with E-state index in [4.69, 9.17) is 4.52 Å². The standard InChI is InChI=1S/C24H23FN4O3/c1-14-2-6-16(7-3-14)21-27-22(32-28-21)17-8-11-19-20(12-17)26-24(31)29(23(19)30)13-15-4-9-18(25)10-5-15/h2-7,9-10,17,19-20H,8,11-13H2,1H3,(H,26,31). The molecule has 2 aromatic carbocycles. The molecule has 1 N–H and O–H groups in total. The van der Waals surface area contributed by atoms with E-state index in [0.717, 1.165) is 17.5 Å². The molecule has 2 fully saturated rings. The number of rotatable bonds is 4. The molecule has 164 valence electrons. The number of halogens is 1. The summed E-state index contributed by atoms with van der Waals surface area (Å²) in [5.41, 5.74) is 2.75. The van der Waals surface area contributed by atoms with E-state index in [-0.39, 0.29) is 36.1 Å². The van der Waals surface area contributed by atoms with Gasteiger partial charge in [-0.2, -0.15) is 4.98 Å². The highest BCUT2D eigenvalue weighted by atomic mass is 19.1. The summed E-state index contributed by atoms with van der Waals surface area (Å²) in [5, 5.41) is 7.09. The number of carbonyl (C=O) groups is 2. The number of nitrogens with one attached hydrogen (secondary N) is 1. The van der Waals surface area contributed by atoms with Gasteiger partial charge in [-0.15, -0.1) is 0 Å². The van der Waals surface area contributed by atoms with Crippen molar-refractivity contribution < 1.29 is 18.5 Å². The van der Waals surface area contributed by atoms with Gasteiger partial charge in [0.25, 0.3) is 0 Å². The van der Waals surface area contributed by atoms with Crippen molar-refractivity contribution in [3.05, 3.63) is 71.4 Å². The molecule has 5 rings (SSSR count). The van der Waals surface area contributed by atoms with Gasteiger partial charge in [-0.3, -0.25) is 9.69 Å². The summed E-state index contributed by atoms with van der Waals surface area (Å²) in [6, 6.07) is 13.0. The molecular formula is C24H23FN4O3. The Morgan fingerprint density at radius 3 is 2.59 bits per heavy atom. The molecule has 1 saturated carbocycles. The Bertz CT molecular complexity index is 1140. The second kappa shape index (κ2) is 8.18. The highest BCUT2D eigenvalue weighted by Crippen LogP contribution is 2.38. The SMILES string of the molecule is Cc1ccc(-c2noc(C3CCC4C(=O)N(Cc5ccc(F)cc5)C(=O)NC4C3)n2)cc1. The van der Waals surface area contributed by atoms with Crippen molar-refractivity contribution >= 4 is 11.9 Å². The summed E-state index contributed by atoms with van der Waals surface area (Å²) in [6.07, 6.45) is 1.92. The zero-order valence-corrected chi connectivity index (χ0v) is 17.6. The Balaban J connectivity index is 1.27. The van der Waals surface area contributed by atoms with E-state index in [1.54, 1.807) is 12.1 Å². The fourth-order valence-corrected chi connectivity index (χ4v) is 4.53. The van der Waals surface area contributed by atoms with Crippen molar-refractivity contribution in [3.8, 4) is 11.4 Å². The Kier molecular flexibility index (Phi) is 5.20. The number of nitrogens with zero attached hydrogens (tertiary/aromatic N) is 3. The molecule has 3 unspecified atom stereocenters. The van der Waals surface area contributed by atoms with E-state index >= 15 is 0 Å². The molecule has 1 aliphatic heterocycles. The summed E-state index contributed by atoms with van der Waals surface area (Å²) >= 11 is 0. The first-order valence-corrected chi connectivity index (χ1v) is 10.7. The first-order valence-electron chi connectivity index (χ1n) is 10.7. The molecule has 3 aromatic rings. The molecule has 0 spiro atoms. The van der Waals surface area contributed by atoms with Crippen molar-refractivity contribution in [1.29, 1.82) is 0 Å². The van der Waals surface area contributed by atoms with E-state index in [1.165, 1.54) is 17.0 Å². The average Bonchev–Trinajstić information content (AvgIpc) is 3.28. The molecule has 8 heteroatoms. The highest BCUT2D eigenvalue weighted by Gasteiger charge is 2.45. The number of fused-ring (bicyclic) bond motifs is 1. The number of amides is 3. The average molecular weight is 434 g/mol. The van der Waals surface area contributed by atoms with Crippen LogP contribution in [0.1, 0.15) is 42.2 Å². The minimum absolute atomic E-state index is 0.0142. The topological polar surface area (TPSA) is 88.3 Å². The molecule has 32 heavy (non-hydrogen) atoms. The van der Waals surface area contributed by atoms with E-state index in [2.05, 4.69) is 15.5 Å². The number of aromatic nitrogens is 2. The van der Waals surface area contributed by atoms with Gasteiger partial charge in [0, 0.05) is 17.5 Å². The second-order valence-corrected chi connectivity index (χ2v) is 8.55. The minimum atomic E-state index is -0.424. The second-order valence-electron chi connectivity index (χ2n) is 8.55. The molecular weight excluding hydrogens is 411 g/mol. The van der Waals surface area contributed by atoms with Crippen molar-refractivity contribution in [1.82, 2.24) is 20.4 Å². The van der Waals surface area contributed by atoms with Gasteiger partial charge < -0.3 is 9.84 Å². The Hall–Kier alpha value is -3.55. The Morgan fingerprint density at radius 2 is 1.84 bits per heavy atom. The third-order valence-corrected chi connectivity index (χ3v) is 6.34. The van der Waals surface area contributed by atoms with Gasteiger partial charge in [-0.05, 0) is 43.9 Å². The van der Waals surface area contributed by atoms with Gasteiger partial charge in [-0.25, -0.2) is 9.18 Å². The molecule has 0 radical (unpaired) electrons. The van der Waals surface area contributed by atoms with Gasteiger partial charge in [-0.1, -0.05) is 47.1 Å². The predicted molar refractivity (Wildman–Crippen MR) is 114 cm³/mol. The zero-order valence-electron chi connectivity index (χ0n) is 17.6. The van der Waals surface area contributed by atoms with Crippen LogP contribution >= 0.6 is 0 Å². The molecule has 7 nitrogen and oxygen atoms in total. The molecule has 0 bridgehead atoms. The molecule has 1 aliphatic carbocycles. The van der Waals surface area contributed by atoms with Crippen molar-refractivity contribution in [2.45, 2.75) is 44.7 Å². The number of hydrogen-bond donors (Lipinski definition) is 1. The van der Waals surface area contributed by atoms with Gasteiger partial charge in [0.05, 0.1) is 12.5 Å². The van der Waals surface area contributed by atoms with Crippen LogP contribution in [0.2, 0.25) is 0 Å². The summed E-state index contributed by atoms with van der Waals surface area (Å²) in [5.74, 6) is 0.231. The van der Waals surface area contributed by atoms with Crippen LogP contribution < -0.4 is 5.32 Å². The third kappa shape index (κ3) is 3.88. The van der Waals surface area contributed by atoms with E-state index < -0.39 is 6.03 Å². The third-order valence-electron chi connectivity index (χ3n) is 6.34. The minimum Gasteiger partial charge on any atom is -0.339 e. The molecule has 1 aromatic heterocycles. The van der Waals surface area contributed by atoms with Crippen LogP contribution in [0.15, 0.2) is 53.1 Å². The lowest BCUT2D eigenvalue weighted by Crippen LogP contribution is -2.60. The van der Waals surface area contributed by atoms with Gasteiger partial charge in [0.2, 0.25) is 17.6 Å². The van der Waals surface area contributed by atoms with Crippen LogP contribution in [0.25, 0.3) is 11.4 Å². The molecule has 2 aliphatic rings. The fraction of sp³-hybridized carbons (Fsp3) is 0.333. The van der Waals surface area contributed by atoms with Crippen molar-refractivity contribution in [3.63, 3.8) is 0 Å². The summed E-state index contributed by atoms with van der Waals surface area (Å²) in [7, 11) is 0. The normalized spacial score (nSPS) is 23.1. The number of urea groups is 1. The number of benzene rings is 2. The lowest BCUT2D eigenvalue weighted by Gasteiger charge is -2.41. The van der Waals surface area contributed by atoms with Gasteiger partial charge >= 0.3 is 6.03 Å². The quantitative estimate of drug-likeness (QED) is 0.665. The molecule has 3 amide bonds. The first kappa shape index (κ1) is 20.4. The van der Waals surface area contributed by atoms with Gasteiger partial charge in [0.1, 0.15) is 5.82 Å². The molecule has 1 saturated heterocycles. The van der Waals surface area contributed by atoms with Crippen molar-refractivity contribution in [2.24, 2.45) is 5.92 Å². The summed E-state index contributed by atoms with van der Waals surface area (Å²) in [4.78, 5) is 31.5. The van der Waals surface area contributed by atoms with Crippen LogP contribution in [-0.2, 0) is 11.3 Å². The monoisotopic (exact) mass is 434 g/mol. The largest absolute Gasteiger partial charge is 0.339 e. The molecule has 2 heterocycles. The van der Waals surface area contributed by atoms with E-state index in [1.807, 2.05) is 31.2 Å². The molecule has 3 atom stereocenters. The summed E-state index contributed by atoms with van der Waals surface area (Å²) < 4.78 is 18.7. The lowest BCUT2D eigenvalue weighted by molar-refractivity contribution is -0.137. The Labute approximate surface area is 184 Å². The van der Waals surface area contributed by atoms with Gasteiger partial charge in [0.15, 0.2) is 0 Å². The van der Waals surface area contributed by atoms with Crippen LogP contribution in [-0.4, -0.2) is 33.0 Å². The van der Waals surface area contributed by atoms with Crippen LogP contribution in [0, 0.1) is 18.7 Å². The highest BCUT2D eigenvalue weighted by molar-refractivity contribution is 5.98. The van der Waals surface area contributed by atoms with Crippen molar-refractivity contribution in [2.75, 3.05) is 0 Å². The fourth-order valence-electron chi connectivity index (χ4n) is 4.53. The maximum absolute atomic E-state index is 13.2. The first-order chi connectivity index (χ1) is 15.5. The summed E-state index contributed by atoms with van der Waals surface area (Å²) in [6.45, 7) is 2.14. The van der Waals surface area contributed by atoms with Crippen LogP contribution in [0.5, 0.6) is 0 Å². The number of aryl methyl sites for hydroxylation is 1. The number of carbonyl (C=O) groups excluding carboxylic acids is 2. The number of imide groups is 1. The maximum atomic E-state index is 13.2. The van der Waals surface area contributed by atoms with Crippen LogP contribution in [0.4, 0.5) is 9.18 Å². The number of hydrogen-bond acceptors (Lipinski definition) is 5. The smallest absolute Gasteiger partial charge is 0.324 e. The lowest BCUT2D eigenvalue weighted by atomic mass is 9.76. The Morgan fingerprint density at radius 1 is 1.09 bits per heavy atom. The maximum Gasteiger partial charge on any atom is 0.324 e. The van der Waals surface area contributed by atoms with E-state index in [9.17, 15) is 14.0 Å². The van der Waals surface area contributed by atoms with Crippen LogP contribution in [0.3, 0.4) is 0 Å².